The summed E-state index contributed by atoms with van der Waals surface area (Å²) in [7, 11) is 0. The lowest BCUT2D eigenvalue weighted by molar-refractivity contribution is -0.120. The van der Waals surface area contributed by atoms with Crippen LogP contribution < -0.4 is 5.32 Å². The van der Waals surface area contributed by atoms with Crippen LogP contribution in [0.25, 0.3) is 0 Å². The molecule has 0 unspecified atom stereocenters. The smallest absolute Gasteiger partial charge is 0.247 e. The molecule has 2 aliphatic rings. The largest absolute Gasteiger partial charge is 0.367 e. The molecule has 1 saturated carbocycles. The third kappa shape index (κ3) is 2.61. The fourth-order valence-electron chi connectivity index (χ4n) is 2.94. The van der Waals surface area contributed by atoms with Crippen molar-refractivity contribution in [2.24, 2.45) is 0 Å². The van der Waals surface area contributed by atoms with Gasteiger partial charge in [0, 0.05) is 5.57 Å². The third-order valence-electron chi connectivity index (χ3n) is 4.21. The van der Waals surface area contributed by atoms with Crippen LogP contribution in [0, 0.1) is 0 Å². The molecule has 0 aromatic carbocycles. The van der Waals surface area contributed by atoms with Crippen LogP contribution in [0.1, 0.15) is 60.3 Å². The van der Waals surface area contributed by atoms with Crippen molar-refractivity contribution in [3.05, 3.63) is 11.1 Å². The normalized spacial score (nSPS) is 28.7. The van der Waals surface area contributed by atoms with Crippen LogP contribution in [-0.4, -0.2) is 23.2 Å². The first-order valence-electron chi connectivity index (χ1n) is 6.91. The van der Waals surface area contributed by atoms with Crippen LogP contribution in [0.5, 0.6) is 0 Å². The Hall–Kier alpha value is -0.830. The molecule has 1 atom stereocenters. The quantitative estimate of drug-likeness (QED) is 0.766. The average molecular weight is 251 g/mol. The van der Waals surface area contributed by atoms with Gasteiger partial charge in [-0.1, -0.05) is 5.57 Å². The van der Waals surface area contributed by atoms with E-state index < -0.39 is 0 Å². The second kappa shape index (κ2) is 4.37. The van der Waals surface area contributed by atoms with Gasteiger partial charge in [-0.25, -0.2) is 0 Å². The second-order valence-corrected chi connectivity index (χ2v) is 6.78. The van der Waals surface area contributed by atoms with Gasteiger partial charge in [-0.15, -0.1) is 0 Å². The number of hydrogen-bond acceptors (Lipinski definition) is 2. The summed E-state index contributed by atoms with van der Waals surface area (Å²) in [6, 6.07) is 0.0932. The summed E-state index contributed by atoms with van der Waals surface area (Å²) in [5.74, 6) is 0.0871. The molecule has 0 aromatic rings. The van der Waals surface area contributed by atoms with E-state index in [0.29, 0.717) is 0 Å². The van der Waals surface area contributed by atoms with Crippen molar-refractivity contribution in [2.75, 3.05) is 0 Å². The monoisotopic (exact) mass is 251 g/mol. The molecule has 1 N–H and O–H groups in total. The molecule has 0 bridgehead atoms. The number of nitrogens with one attached hydrogen (secondary N) is 1. The van der Waals surface area contributed by atoms with Crippen LogP contribution in [0.4, 0.5) is 0 Å². The van der Waals surface area contributed by atoms with Crippen molar-refractivity contribution < 1.29 is 9.53 Å². The Bertz CT molecular complexity index is 387. The molecule has 18 heavy (non-hydrogen) atoms. The zero-order valence-corrected chi connectivity index (χ0v) is 12.2. The van der Waals surface area contributed by atoms with Crippen molar-refractivity contribution in [1.29, 1.82) is 0 Å². The van der Waals surface area contributed by atoms with Gasteiger partial charge in [0.15, 0.2) is 0 Å². The van der Waals surface area contributed by atoms with Gasteiger partial charge >= 0.3 is 0 Å². The van der Waals surface area contributed by atoms with E-state index in [2.05, 4.69) is 33.0 Å². The zero-order valence-electron chi connectivity index (χ0n) is 12.2. The minimum Gasteiger partial charge on any atom is -0.367 e. The Labute approximate surface area is 110 Å². The highest BCUT2D eigenvalue weighted by Crippen LogP contribution is 2.37. The van der Waals surface area contributed by atoms with Crippen LogP contribution in [0.15, 0.2) is 11.1 Å². The van der Waals surface area contributed by atoms with Gasteiger partial charge < -0.3 is 10.1 Å². The van der Waals surface area contributed by atoms with Crippen molar-refractivity contribution in [2.45, 2.75) is 77.5 Å². The molecule has 3 heteroatoms. The topological polar surface area (TPSA) is 38.3 Å². The summed E-state index contributed by atoms with van der Waals surface area (Å²) in [6.07, 6.45) is 4.28. The standard InChI is InChI=1S/C15H25NO2/c1-10(11-7-6-8-11)13(17)16-12-9-14(2,3)18-15(12,4)5/h12H,6-9H2,1-5H3,(H,16,17)/t12-/m1/s1. The second-order valence-electron chi connectivity index (χ2n) is 6.78. The summed E-state index contributed by atoms with van der Waals surface area (Å²) >= 11 is 0. The van der Waals surface area contributed by atoms with Crippen molar-refractivity contribution >= 4 is 5.91 Å². The van der Waals surface area contributed by atoms with Crippen molar-refractivity contribution in [1.82, 2.24) is 5.32 Å². The molecule has 2 fully saturated rings. The molecule has 1 aliphatic heterocycles. The zero-order chi connectivity index (χ0) is 13.6. The average Bonchev–Trinajstić information content (AvgIpc) is 2.30. The predicted octanol–water partition coefficient (Wildman–Crippen LogP) is 2.95. The van der Waals surface area contributed by atoms with Crippen molar-refractivity contribution in [3.63, 3.8) is 0 Å². The Morgan fingerprint density at radius 2 is 1.89 bits per heavy atom. The Morgan fingerprint density at radius 3 is 2.28 bits per heavy atom. The van der Waals surface area contributed by atoms with Crippen LogP contribution in [-0.2, 0) is 9.53 Å². The maximum Gasteiger partial charge on any atom is 0.247 e. The molecule has 1 heterocycles. The molecule has 102 valence electrons. The lowest BCUT2D eigenvalue weighted by atomic mass is 9.87. The first-order chi connectivity index (χ1) is 8.21. The van der Waals surface area contributed by atoms with E-state index in [9.17, 15) is 4.79 Å². The number of rotatable bonds is 2. The molecule has 1 aliphatic carbocycles. The molecule has 2 rings (SSSR count). The van der Waals surface area contributed by atoms with Gasteiger partial charge in [0.25, 0.3) is 0 Å². The van der Waals surface area contributed by atoms with Crippen molar-refractivity contribution in [3.8, 4) is 0 Å². The molecule has 0 spiro atoms. The Kier molecular flexibility index (Phi) is 3.30. The van der Waals surface area contributed by atoms with E-state index in [4.69, 9.17) is 4.74 Å². The lowest BCUT2D eigenvalue weighted by Crippen LogP contribution is -2.46. The first-order valence-corrected chi connectivity index (χ1v) is 6.91. The number of carbonyl (C=O) groups excluding carboxylic acids is 1. The molecular formula is C15H25NO2. The van der Waals surface area contributed by atoms with Gasteiger partial charge in [-0.05, 0) is 60.3 Å². The summed E-state index contributed by atoms with van der Waals surface area (Å²) in [6.45, 7) is 10.2. The number of allylic oxidation sites excluding steroid dienone is 1. The fraction of sp³-hybridized carbons (Fsp3) is 0.800. The minimum atomic E-state index is -0.288. The maximum atomic E-state index is 12.2. The van der Waals surface area contributed by atoms with Gasteiger partial charge in [-0.2, -0.15) is 0 Å². The van der Waals surface area contributed by atoms with Crippen LogP contribution in [0.3, 0.4) is 0 Å². The highest BCUT2D eigenvalue weighted by molar-refractivity contribution is 5.94. The summed E-state index contributed by atoms with van der Waals surface area (Å²) in [4.78, 5) is 12.2. The highest BCUT2D eigenvalue weighted by Gasteiger charge is 2.46. The highest BCUT2D eigenvalue weighted by atomic mass is 16.5. The Balaban J connectivity index is 2.04. The molecule has 0 aromatic heterocycles. The fourth-order valence-corrected chi connectivity index (χ4v) is 2.94. The predicted molar refractivity (Wildman–Crippen MR) is 72.3 cm³/mol. The van der Waals surface area contributed by atoms with Crippen LogP contribution in [0.2, 0.25) is 0 Å². The first kappa shape index (κ1) is 13.6. The van der Waals surface area contributed by atoms with Crippen LogP contribution >= 0.6 is 0 Å². The number of ether oxygens (including phenoxy) is 1. The van der Waals surface area contributed by atoms with Gasteiger partial charge in [0.05, 0.1) is 17.2 Å². The summed E-state index contributed by atoms with van der Waals surface area (Å²) in [5, 5.41) is 3.15. The molecule has 1 amide bonds. The van der Waals surface area contributed by atoms with E-state index >= 15 is 0 Å². The summed E-state index contributed by atoms with van der Waals surface area (Å²) < 4.78 is 6.00. The van der Waals surface area contributed by atoms with E-state index in [0.717, 1.165) is 24.8 Å². The SMILES string of the molecule is CC(C(=O)N[C@@H]1CC(C)(C)OC1(C)C)=C1CCC1. The molecule has 3 nitrogen and oxygen atoms in total. The third-order valence-corrected chi connectivity index (χ3v) is 4.21. The van der Waals surface area contributed by atoms with Gasteiger partial charge in [0.2, 0.25) is 5.91 Å². The van der Waals surface area contributed by atoms with Gasteiger partial charge in [-0.3, -0.25) is 4.79 Å². The maximum absolute atomic E-state index is 12.2. The number of carbonyl (C=O) groups is 1. The summed E-state index contributed by atoms with van der Waals surface area (Å²) in [5.41, 5.74) is 1.80. The number of amides is 1. The molecular weight excluding hydrogens is 226 g/mol. The number of hydrogen-bond donors (Lipinski definition) is 1. The van der Waals surface area contributed by atoms with E-state index in [1.807, 2.05) is 6.92 Å². The van der Waals surface area contributed by atoms with E-state index in [-0.39, 0.29) is 23.2 Å². The molecule has 0 radical (unpaired) electrons. The lowest BCUT2D eigenvalue weighted by Gasteiger charge is -2.28. The van der Waals surface area contributed by atoms with Gasteiger partial charge in [0.1, 0.15) is 0 Å². The Morgan fingerprint density at radius 1 is 1.28 bits per heavy atom. The van der Waals surface area contributed by atoms with E-state index in [1.54, 1.807) is 0 Å². The molecule has 1 saturated heterocycles. The minimum absolute atomic E-state index is 0.0871. The van der Waals surface area contributed by atoms with E-state index in [1.165, 1.54) is 12.0 Å².